The first-order chi connectivity index (χ1) is 7.21. The summed E-state index contributed by atoms with van der Waals surface area (Å²) in [5, 5.41) is 2.55. The first-order valence-electron chi connectivity index (χ1n) is 4.63. The molecule has 0 atom stereocenters. The number of hydrogen-bond donors (Lipinski definition) is 1. The molecular weight excluding hydrogens is 240 g/mol. The second-order valence-corrected chi connectivity index (χ2v) is 3.14. The Morgan fingerprint density at radius 2 is 1.50 bits per heavy atom. The predicted molar refractivity (Wildman–Crippen MR) is 45.0 cm³/mol. The SMILES string of the molecule is FC(F)(F)CCCNCCOCC(F)(F)F. The van der Waals surface area contributed by atoms with Crippen molar-refractivity contribution in [1.29, 1.82) is 0 Å². The minimum Gasteiger partial charge on any atom is -0.371 e. The van der Waals surface area contributed by atoms with E-state index < -0.39 is 25.4 Å². The van der Waals surface area contributed by atoms with E-state index in [-0.39, 0.29) is 26.1 Å². The van der Waals surface area contributed by atoms with Crippen LogP contribution in [0, 0.1) is 0 Å². The molecule has 0 aliphatic heterocycles. The zero-order chi connectivity index (χ0) is 12.7. The molecule has 0 aliphatic carbocycles. The first kappa shape index (κ1) is 15.5. The summed E-state index contributed by atoms with van der Waals surface area (Å²) in [7, 11) is 0. The van der Waals surface area contributed by atoms with E-state index in [1.807, 2.05) is 0 Å². The topological polar surface area (TPSA) is 21.3 Å². The van der Waals surface area contributed by atoms with Crippen molar-refractivity contribution in [1.82, 2.24) is 5.32 Å². The maximum absolute atomic E-state index is 11.6. The van der Waals surface area contributed by atoms with Gasteiger partial charge in [-0.15, -0.1) is 0 Å². The Kier molecular flexibility index (Phi) is 6.73. The highest BCUT2D eigenvalue weighted by atomic mass is 19.4. The van der Waals surface area contributed by atoms with Gasteiger partial charge in [-0.05, 0) is 13.0 Å². The van der Waals surface area contributed by atoms with Crippen LogP contribution in [0.25, 0.3) is 0 Å². The summed E-state index contributed by atoms with van der Waals surface area (Å²) in [6.45, 7) is -1.30. The van der Waals surface area contributed by atoms with Crippen LogP contribution in [0.2, 0.25) is 0 Å². The highest BCUT2D eigenvalue weighted by Crippen LogP contribution is 2.20. The molecule has 8 heteroatoms. The molecule has 1 N–H and O–H groups in total. The number of halogens is 6. The second kappa shape index (κ2) is 6.95. The van der Waals surface area contributed by atoms with Crippen molar-refractivity contribution < 1.29 is 31.1 Å². The Labute approximate surface area is 89.0 Å². The summed E-state index contributed by atoms with van der Waals surface area (Å²) in [5.41, 5.74) is 0. The molecule has 0 amide bonds. The molecule has 0 fully saturated rings. The molecule has 0 radical (unpaired) electrons. The van der Waals surface area contributed by atoms with Gasteiger partial charge in [-0.3, -0.25) is 0 Å². The number of hydrogen-bond acceptors (Lipinski definition) is 2. The van der Waals surface area contributed by atoms with Crippen molar-refractivity contribution in [3.05, 3.63) is 0 Å². The van der Waals surface area contributed by atoms with Crippen molar-refractivity contribution in [2.24, 2.45) is 0 Å². The van der Waals surface area contributed by atoms with Gasteiger partial charge in [-0.1, -0.05) is 0 Å². The molecule has 0 rings (SSSR count). The van der Waals surface area contributed by atoms with E-state index in [1.54, 1.807) is 0 Å². The number of rotatable bonds is 7. The average molecular weight is 253 g/mol. The molecule has 98 valence electrons. The quantitative estimate of drug-likeness (QED) is 0.556. The molecule has 0 saturated heterocycles. The molecule has 0 spiro atoms. The molecule has 0 saturated carbocycles. The maximum Gasteiger partial charge on any atom is 0.411 e. The van der Waals surface area contributed by atoms with Crippen LogP contribution >= 0.6 is 0 Å². The Morgan fingerprint density at radius 3 is 2.00 bits per heavy atom. The molecular formula is C8H13F6NO. The highest BCUT2D eigenvalue weighted by Gasteiger charge is 2.27. The van der Waals surface area contributed by atoms with E-state index >= 15 is 0 Å². The summed E-state index contributed by atoms with van der Waals surface area (Å²) >= 11 is 0. The maximum atomic E-state index is 11.6. The molecule has 0 aromatic heterocycles. The Morgan fingerprint density at radius 1 is 0.875 bits per heavy atom. The fourth-order valence-electron chi connectivity index (χ4n) is 0.871. The van der Waals surface area contributed by atoms with Crippen LogP contribution in [0.1, 0.15) is 12.8 Å². The number of nitrogens with one attached hydrogen (secondary N) is 1. The lowest BCUT2D eigenvalue weighted by molar-refractivity contribution is -0.173. The molecule has 0 aromatic carbocycles. The van der Waals surface area contributed by atoms with Crippen LogP contribution in [-0.2, 0) is 4.74 Å². The van der Waals surface area contributed by atoms with Crippen LogP contribution in [0.15, 0.2) is 0 Å². The van der Waals surface area contributed by atoms with E-state index in [9.17, 15) is 26.3 Å². The monoisotopic (exact) mass is 253 g/mol. The van der Waals surface area contributed by atoms with Crippen LogP contribution in [0.4, 0.5) is 26.3 Å². The molecule has 0 unspecified atom stereocenters. The minimum atomic E-state index is -4.36. The largest absolute Gasteiger partial charge is 0.411 e. The fourth-order valence-corrected chi connectivity index (χ4v) is 0.871. The van der Waals surface area contributed by atoms with Gasteiger partial charge in [0.2, 0.25) is 0 Å². The molecule has 0 aromatic rings. The van der Waals surface area contributed by atoms with Gasteiger partial charge in [0.15, 0.2) is 0 Å². The predicted octanol–water partition coefficient (Wildman–Crippen LogP) is 2.50. The van der Waals surface area contributed by atoms with Crippen molar-refractivity contribution in [3.63, 3.8) is 0 Å². The van der Waals surface area contributed by atoms with Crippen molar-refractivity contribution in [2.45, 2.75) is 25.2 Å². The zero-order valence-corrected chi connectivity index (χ0v) is 8.42. The third-order valence-corrected chi connectivity index (χ3v) is 1.50. The Balaban J connectivity index is 3.17. The van der Waals surface area contributed by atoms with Gasteiger partial charge in [-0.25, -0.2) is 0 Å². The first-order valence-corrected chi connectivity index (χ1v) is 4.63. The van der Waals surface area contributed by atoms with E-state index in [0.29, 0.717) is 0 Å². The van der Waals surface area contributed by atoms with Gasteiger partial charge >= 0.3 is 12.4 Å². The molecule has 2 nitrogen and oxygen atoms in total. The minimum absolute atomic E-state index is 0.0945. The third kappa shape index (κ3) is 13.5. The summed E-state index contributed by atoms with van der Waals surface area (Å²) in [6.07, 6.45) is -9.54. The van der Waals surface area contributed by atoms with Gasteiger partial charge in [0.1, 0.15) is 6.61 Å². The standard InChI is InChI=1S/C8H13F6NO/c9-7(10,11)2-1-3-15-4-5-16-6-8(12,13)14/h15H,1-6H2. The van der Waals surface area contributed by atoms with Gasteiger partial charge in [0.25, 0.3) is 0 Å². The lowest BCUT2D eigenvalue weighted by atomic mass is 10.3. The third-order valence-electron chi connectivity index (χ3n) is 1.50. The van der Waals surface area contributed by atoms with Crippen LogP contribution in [0.3, 0.4) is 0 Å². The Bertz CT molecular complexity index is 158. The zero-order valence-electron chi connectivity index (χ0n) is 8.42. The lowest BCUT2D eigenvalue weighted by Crippen LogP contribution is -2.25. The van der Waals surface area contributed by atoms with Crippen molar-refractivity contribution >= 4 is 0 Å². The highest BCUT2D eigenvalue weighted by molar-refractivity contribution is 4.54. The number of alkyl halides is 6. The summed E-state index contributed by atoms with van der Waals surface area (Å²) in [5.74, 6) is 0. The van der Waals surface area contributed by atoms with Gasteiger partial charge in [0, 0.05) is 13.0 Å². The van der Waals surface area contributed by atoms with E-state index in [2.05, 4.69) is 10.1 Å². The van der Waals surface area contributed by atoms with E-state index in [4.69, 9.17) is 0 Å². The van der Waals surface area contributed by atoms with Gasteiger partial charge < -0.3 is 10.1 Å². The molecule has 0 bridgehead atoms. The summed E-state index contributed by atoms with van der Waals surface area (Å²) < 4.78 is 73.8. The average Bonchev–Trinajstić information content (AvgIpc) is 2.06. The van der Waals surface area contributed by atoms with Crippen molar-refractivity contribution in [3.8, 4) is 0 Å². The lowest BCUT2D eigenvalue weighted by Gasteiger charge is -2.09. The molecule has 0 aliphatic rings. The molecule has 16 heavy (non-hydrogen) atoms. The van der Waals surface area contributed by atoms with Crippen molar-refractivity contribution in [2.75, 3.05) is 26.3 Å². The van der Waals surface area contributed by atoms with E-state index in [0.717, 1.165) is 0 Å². The van der Waals surface area contributed by atoms with Gasteiger partial charge in [0.05, 0.1) is 6.61 Å². The summed E-state index contributed by atoms with van der Waals surface area (Å²) in [6, 6.07) is 0. The Hall–Kier alpha value is -0.500. The normalized spacial score (nSPS) is 13.1. The van der Waals surface area contributed by atoms with E-state index in [1.165, 1.54) is 0 Å². The second-order valence-electron chi connectivity index (χ2n) is 3.14. The van der Waals surface area contributed by atoms with Crippen LogP contribution in [-0.4, -0.2) is 38.7 Å². The smallest absolute Gasteiger partial charge is 0.371 e. The van der Waals surface area contributed by atoms with Crippen LogP contribution in [0.5, 0.6) is 0 Å². The number of ether oxygens (including phenoxy) is 1. The molecule has 0 heterocycles. The summed E-state index contributed by atoms with van der Waals surface area (Å²) in [4.78, 5) is 0. The fraction of sp³-hybridized carbons (Fsp3) is 1.00. The van der Waals surface area contributed by atoms with Gasteiger partial charge in [-0.2, -0.15) is 26.3 Å². The van der Waals surface area contributed by atoms with Crippen LogP contribution < -0.4 is 5.32 Å².